The van der Waals surface area contributed by atoms with Gasteiger partial charge in [0.05, 0.1) is 16.4 Å². The zero-order valence-corrected chi connectivity index (χ0v) is 11.4. The third-order valence-corrected chi connectivity index (χ3v) is 3.53. The van der Waals surface area contributed by atoms with E-state index in [1.165, 1.54) is 0 Å². The summed E-state index contributed by atoms with van der Waals surface area (Å²) in [7, 11) is 0. The maximum Gasteiger partial charge on any atom is 0.191 e. The fourth-order valence-corrected chi connectivity index (χ4v) is 2.31. The van der Waals surface area contributed by atoms with Crippen LogP contribution in [0.5, 0.6) is 0 Å². The number of thiophene rings is 1. The lowest BCUT2D eigenvalue weighted by Crippen LogP contribution is -2.02. The molecule has 0 fully saturated rings. The van der Waals surface area contributed by atoms with Gasteiger partial charge in [-0.3, -0.25) is 5.10 Å². The number of hydrogen-bond donors (Lipinski definition) is 2. The minimum atomic E-state index is 0.535. The Bertz CT molecular complexity index is 647. The molecule has 0 amide bonds. The molecule has 2 N–H and O–H groups in total. The molecule has 96 valence electrons. The van der Waals surface area contributed by atoms with Gasteiger partial charge in [-0.1, -0.05) is 17.7 Å². The van der Waals surface area contributed by atoms with Crippen molar-refractivity contribution in [3.63, 3.8) is 0 Å². The van der Waals surface area contributed by atoms with Crippen molar-refractivity contribution in [1.29, 1.82) is 0 Å². The first-order chi connectivity index (χ1) is 9.31. The highest BCUT2D eigenvalue weighted by atomic mass is 35.5. The number of rotatable bonds is 4. The van der Waals surface area contributed by atoms with Gasteiger partial charge in [0.15, 0.2) is 5.82 Å². The van der Waals surface area contributed by atoms with Gasteiger partial charge in [-0.2, -0.15) is 5.10 Å². The van der Waals surface area contributed by atoms with Gasteiger partial charge in [0, 0.05) is 6.20 Å². The van der Waals surface area contributed by atoms with Crippen LogP contribution >= 0.6 is 22.9 Å². The minimum absolute atomic E-state index is 0.535. The lowest BCUT2D eigenvalue weighted by atomic mass is 10.4. The van der Waals surface area contributed by atoms with Gasteiger partial charge < -0.3 is 5.32 Å². The molecule has 0 radical (unpaired) electrons. The molecule has 3 aromatic heterocycles. The van der Waals surface area contributed by atoms with Crippen molar-refractivity contribution in [1.82, 2.24) is 20.2 Å². The van der Waals surface area contributed by atoms with Crippen LogP contribution in [-0.2, 0) is 6.54 Å². The quantitative estimate of drug-likeness (QED) is 0.775. The zero-order chi connectivity index (χ0) is 13.1. The number of halogens is 1. The number of nitrogens with zero attached hydrogens (tertiary/aromatic N) is 3. The zero-order valence-electron chi connectivity index (χ0n) is 9.80. The van der Waals surface area contributed by atoms with Gasteiger partial charge in [0.25, 0.3) is 0 Å². The number of hydrogen-bond acceptors (Lipinski definition) is 5. The summed E-state index contributed by atoms with van der Waals surface area (Å²) < 4.78 is 0. The summed E-state index contributed by atoms with van der Waals surface area (Å²) in [6, 6.07) is 7.57. The SMILES string of the molecule is Clc1ccc(NCc2nc(-c3cccs3)n[nH]2)nc1. The van der Waals surface area contributed by atoms with Crippen LogP contribution in [0.4, 0.5) is 5.82 Å². The molecule has 0 aliphatic rings. The predicted molar refractivity (Wildman–Crippen MR) is 76.3 cm³/mol. The fraction of sp³-hybridized carbons (Fsp3) is 0.0833. The Morgan fingerprint density at radius 1 is 1.32 bits per heavy atom. The van der Waals surface area contributed by atoms with Gasteiger partial charge in [0.1, 0.15) is 11.6 Å². The second-order valence-electron chi connectivity index (χ2n) is 3.80. The van der Waals surface area contributed by atoms with Crippen molar-refractivity contribution in [2.24, 2.45) is 0 Å². The molecule has 0 saturated carbocycles. The smallest absolute Gasteiger partial charge is 0.191 e. The molecular formula is C12H10ClN5S. The van der Waals surface area contributed by atoms with E-state index in [4.69, 9.17) is 11.6 Å². The number of aromatic amines is 1. The molecule has 3 rings (SSSR count). The molecule has 7 heteroatoms. The van der Waals surface area contributed by atoms with E-state index in [1.54, 1.807) is 23.6 Å². The first kappa shape index (κ1) is 12.1. The van der Waals surface area contributed by atoms with E-state index in [-0.39, 0.29) is 0 Å². The fourth-order valence-electron chi connectivity index (χ4n) is 1.55. The number of anilines is 1. The molecule has 5 nitrogen and oxygen atoms in total. The van der Waals surface area contributed by atoms with Crippen LogP contribution in [0, 0.1) is 0 Å². The second-order valence-corrected chi connectivity index (χ2v) is 5.18. The summed E-state index contributed by atoms with van der Waals surface area (Å²) in [5.41, 5.74) is 0. The number of nitrogens with one attached hydrogen (secondary N) is 2. The maximum atomic E-state index is 5.77. The normalized spacial score (nSPS) is 10.6. The Kier molecular flexibility index (Phi) is 3.43. The van der Waals surface area contributed by atoms with E-state index in [2.05, 4.69) is 25.5 Å². The summed E-state index contributed by atoms with van der Waals surface area (Å²) in [5, 5.41) is 12.8. The van der Waals surface area contributed by atoms with Crippen molar-refractivity contribution in [2.75, 3.05) is 5.32 Å². The van der Waals surface area contributed by atoms with Crippen LogP contribution in [0.3, 0.4) is 0 Å². The monoisotopic (exact) mass is 291 g/mol. The van der Waals surface area contributed by atoms with Crippen LogP contribution in [0.1, 0.15) is 5.82 Å². The minimum Gasteiger partial charge on any atom is -0.363 e. The second kappa shape index (κ2) is 5.38. The van der Waals surface area contributed by atoms with E-state index in [9.17, 15) is 0 Å². The van der Waals surface area contributed by atoms with Crippen molar-refractivity contribution >= 4 is 28.8 Å². The van der Waals surface area contributed by atoms with Gasteiger partial charge in [-0.05, 0) is 23.6 Å². The van der Waals surface area contributed by atoms with E-state index in [0.717, 1.165) is 22.3 Å². The molecule has 0 unspecified atom stereocenters. The number of aromatic nitrogens is 4. The van der Waals surface area contributed by atoms with Crippen LogP contribution in [-0.4, -0.2) is 20.2 Å². The Hall–Kier alpha value is -1.92. The third kappa shape index (κ3) is 2.91. The van der Waals surface area contributed by atoms with Crippen molar-refractivity contribution < 1.29 is 0 Å². The Morgan fingerprint density at radius 2 is 2.26 bits per heavy atom. The van der Waals surface area contributed by atoms with E-state index in [1.807, 2.05) is 23.6 Å². The van der Waals surface area contributed by atoms with Gasteiger partial charge in [-0.25, -0.2) is 9.97 Å². The average molecular weight is 292 g/mol. The lowest BCUT2D eigenvalue weighted by molar-refractivity contribution is 0.948. The Balaban J connectivity index is 1.66. The summed E-state index contributed by atoms with van der Waals surface area (Å²) in [6.07, 6.45) is 1.60. The topological polar surface area (TPSA) is 66.5 Å². The highest BCUT2D eigenvalue weighted by Crippen LogP contribution is 2.20. The van der Waals surface area contributed by atoms with Crippen LogP contribution in [0.2, 0.25) is 5.02 Å². The van der Waals surface area contributed by atoms with Crippen molar-refractivity contribution in [2.45, 2.75) is 6.54 Å². The predicted octanol–water partition coefficient (Wildman–Crippen LogP) is 3.19. The average Bonchev–Trinajstić information content (AvgIpc) is 3.09. The van der Waals surface area contributed by atoms with Gasteiger partial charge in [0.2, 0.25) is 0 Å². The summed E-state index contributed by atoms with van der Waals surface area (Å²) >= 11 is 7.38. The summed E-state index contributed by atoms with van der Waals surface area (Å²) in [4.78, 5) is 9.61. The lowest BCUT2D eigenvalue weighted by Gasteiger charge is -2.02. The van der Waals surface area contributed by atoms with Gasteiger partial charge in [-0.15, -0.1) is 11.3 Å². The molecule has 0 aliphatic carbocycles. The molecule has 0 bridgehead atoms. The molecule has 0 saturated heterocycles. The highest BCUT2D eigenvalue weighted by molar-refractivity contribution is 7.13. The summed E-state index contributed by atoms with van der Waals surface area (Å²) in [6.45, 7) is 0.535. The standard InChI is InChI=1S/C12H10ClN5S/c13-8-3-4-10(14-6-8)15-7-11-16-12(18-17-11)9-2-1-5-19-9/h1-6H,7H2,(H,14,15)(H,16,17,18). The molecule has 0 spiro atoms. The Morgan fingerprint density at radius 3 is 3.00 bits per heavy atom. The number of H-pyrrole nitrogens is 1. The van der Waals surface area contributed by atoms with Gasteiger partial charge >= 0.3 is 0 Å². The van der Waals surface area contributed by atoms with Crippen LogP contribution < -0.4 is 5.32 Å². The first-order valence-corrected chi connectivity index (χ1v) is 6.87. The Labute approximate surface area is 118 Å². The highest BCUT2D eigenvalue weighted by Gasteiger charge is 2.06. The molecular weight excluding hydrogens is 282 g/mol. The van der Waals surface area contributed by atoms with E-state index in [0.29, 0.717) is 11.6 Å². The first-order valence-electron chi connectivity index (χ1n) is 5.62. The molecule has 3 aromatic rings. The van der Waals surface area contributed by atoms with Crippen LogP contribution in [0.15, 0.2) is 35.8 Å². The maximum absolute atomic E-state index is 5.77. The number of pyridine rings is 1. The van der Waals surface area contributed by atoms with Crippen molar-refractivity contribution in [3.8, 4) is 10.7 Å². The van der Waals surface area contributed by atoms with Crippen molar-refractivity contribution in [3.05, 3.63) is 46.7 Å². The van der Waals surface area contributed by atoms with E-state index >= 15 is 0 Å². The molecule has 19 heavy (non-hydrogen) atoms. The molecule has 3 heterocycles. The molecule has 0 aliphatic heterocycles. The third-order valence-electron chi connectivity index (χ3n) is 2.44. The van der Waals surface area contributed by atoms with E-state index < -0.39 is 0 Å². The molecule has 0 aromatic carbocycles. The van der Waals surface area contributed by atoms with Crippen LogP contribution in [0.25, 0.3) is 10.7 Å². The largest absolute Gasteiger partial charge is 0.363 e. The summed E-state index contributed by atoms with van der Waals surface area (Å²) in [5.74, 6) is 2.23. The molecule has 0 atom stereocenters.